The lowest BCUT2D eigenvalue weighted by atomic mass is 10.1. The number of fused-ring (bicyclic) bond motifs is 2. The van der Waals surface area contributed by atoms with E-state index < -0.39 is 56.1 Å². The van der Waals surface area contributed by atoms with Crippen LogP contribution in [0.25, 0.3) is 21.5 Å². The van der Waals surface area contributed by atoms with Gasteiger partial charge < -0.3 is 20.8 Å². The number of aromatic hydroxyl groups is 2. The van der Waals surface area contributed by atoms with E-state index in [0.29, 0.717) is 0 Å². The van der Waals surface area contributed by atoms with Crippen LogP contribution in [-0.2, 0) is 40.3 Å². The Balaban J connectivity index is 1.21. The van der Waals surface area contributed by atoms with Gasteiger partial charge in [-0.3, -0.25) is 18.5 Å². The summed E-state index contributed by atoms with van der Waals surface area (Å²) >= 11 is 0. The van der Waals surface area contributed by atoms with Crippen molar-refractivity contribution in [3.8, 4) is 11.5 Å². The maximum atomic E-state index is 13.4. The van der Waals surface area contributed by atoms with E-state index >= 15 is 0 Å². The SMILES string of the molecule is O=C(Nc1cccc(S(=O)(=O)Nc2cc(S(=O)(=O)O)cc3ccc(O)cc23)c1)Nc1cccc(S(=O)(=O)Nc2cc(S(=O)(=O)O)cc3ccc(O)cc23)c1. The maximum absolute atomic E-state index is 13.4. The van der Waals surface area contributed by atoms with Crippen molar-refractivity contribution < 1.29 is 57.8 Å². The zero-order valence-electron chi connectivity index (χ0n) is 27.0. The molecule has 280 valence electrons. The first-order chi connectivity index (χ1) is 25.2. The molecule has 0 unspecified atom stereocenters. The number of anilines is 4. The normalized spacial score (nSPS) is 12.3. The molecular formula is C33H26N4O13S4. The van der Waals surface area contributed by atoms with E-state index in [1.165, 1.54) is 72.8 Å². The van der Waals surface area contributed by atoms with Crippen molar-refractivity contribution in [3.63, 3.8) is 0 Å². The molecule has 6 aromatic carbocycles. The van der Waals surface area contributed by atoms with Gasteiger partial charge in [0.15, 0.2) is 0 Å². The average molecular weight is 815 g/mol. The number of nitrogens with one attached hydrogen (secondary N) is 4. The molecular weight excluding hydrogens is 789 g/mol. The summed E-state index contributed by atoms with van der Waals surface area (Å²) in [5, 5.41) is 25.3. The van der Waals surface area contributed by atoms with Gasteiger partial charge in [-0.2, -0.15) is 16.8 Å². The molecule has 8 N–H and O–H groups in total. The van der Waals surface area contributed by atoms with Gasteiger partial charge in [-0.1, -0.05) is 24.3 Å². The summed E-state index contributed by atoms with van der Waals surface area (Å²) in [5.74, 6) is -0.501. The zero-order valence-corrected chi connectivity index (χ0v) is 30.3. The Kier molecular flexibility index (Phi) is 9.64. The van der Waals surface area contributed by atoms with E-state index in [2.05, 4.69) is 20.1 Å². The van der Waals surface area contributed by atoms with Crippen molar-refractivity contribution in [2.24, 2.45) is 0 Å². The molecule has 0 heterocycles. The average Bonchev–Trinajstić information content (AvgIpc) is 3.07. The predicted octanol–water partition coefficient (Wildman–Crippen LogP) is 5.14. The van der Waals surface area contributed by atoms with Gasteiger partial charge in [0.1, 0.15) is 11.5 Å². The van der Waals surface area contributed by atoms with E-state index in [9.17, 15) is 57.8 Å². The fraction of sp³-hybridized carbons (Fsp3) is 0. The van der Waals surface area contributed by atoms with Crippen LogP contribution in [0.2, 0.25) is 0 Å². The van der Waals surface area contributed by atoms with Crippen molar-refractivity contribution >= 4 is 90.6 Å². The van der Waals surface area contributed by atoms with Crippen molar-refractivity contribution in [2.75, 3.05) is 20.1 Å². The minimum absolute atomic E-state index is 0.0381. The highest BCUT2D eigenvalue weighted by molar-refractivity contribution is 7.93. The third kappa shape index (κ3) is 8.30. The molecule has 54 heavy (non-hydrogen) atoms. The summed E-state index contributed by atoms with van der Waals surface area (Å²) in [6.45, 7) is 0. The molecule has 0 saturated carbocycles. The van der Waals surface area contributed by atoms with Crippen molar-refractivity contribution in [2.45, 2.75) is 19.6 Å². The molecule has 0 aliphatic carbocycles. The Morgan fingerprint density at radius 3 is 1.22 bits per heavy atom. The Labute approximate surface area is 307 Å². The maximum Gasteiger partial charge on any atom is 0.323 e. The molecule has 0 atom stereocenters. The second-order valence-electron chi connectivity index (χ2n) is 11.5. The van der Waals surface area contributed by atoms with E-state index in [4.69, 9.17) is 0 Å². The minimum atomic E-state index is -4.76. The van der Waals surface area contributed by atoms with E-state index in [-0.39, 0.29) is 65.6 Å². The number of hydrogen-bond acceptors (Lipinski definition) is 11. The highest BCUT2D eigenvalue weighted by atomic mass is 32.2. The van der Waals surface area contributed by atoms with Gasteiger partial charge in [-0.25, -0.2) is 21.6 Å². The largest absolute Gasteiger partial charge is 0.508 e. The summed E-state index contributed by atoms with van der Waals surface area (Å²) in [4.78, 5) is 10.9. The number of benzene rings is 6. The number of rotatable bonds is 10. The number of phenols is 2. The van der Waals surface area contributed by atoms with E-state index in [1.54, 1.807) is 0 Å². The molecule has 6 aromatic rings. The fourth-order valence-corrected chi connectivity index (χ4v) is 8.60. The first kappa shape index (κ1) is 37.8. The molecule has 0 fully saturated rings. The van der Waals surface area contributed by atoms with E-state index in [0.717, 1.165) is 36.4 Å². The van der Waals surface area contributed by atoms with Crippen molar-refractivity contribution in [3.05, 3.63) is 109 Å². The summed E-state index contributed by atoms with van der Waals surface area (Å²) in [7, 11) is -18.5. The molecule has 17 nitrogen and oxygen atoms in total. The summed E-state index contributed by atoms with van der Waals surface area (Å²) in [6.07, 6.45) is 0. The van der Waals surface area contributed by atoms with Gasteiger partial charge in [0.2, 0.25) is 0 Å². The molecule has 0 radical (unpaired) electrons. The van der Waals surface area contributed by atoms with Crippen LogP contribution in [0.5, 0.6) is 11.5 Å². The van der Waals surface area contributed by atoms with Crippen molar-refractivity contribution in [1.29, 1.82) is 0 Å². The Bertz CT molecular complexity index is 2770. The van der Waals surface area contributed by atoms with Gasteiger partial charge in [-0.15, -0.1) is 0 Å². The van der Waals surface area contributed by atoms with Crippen LogP contribution in [0.1, 0.15) is 0 Å². The third-order valence-corrected chi connectivity index (χ3v) is 12.1. The van der Waals surface area contributed by atoms with Crippen LogP contribution in [0, 0.1) is 0 Å². The first-order valence-electron chi connectivity index (χ1n) is 15.0. The molecule has 0 aliphatic heterocycles. The Morgan fingerprint density at radius 2 is 0.852 bits per heavy atom. The summed E-state index contributed by atoms with van der Waals surface area (Å²) in [5.41, 5.74) is -0.643. The number of amides is 2. The Morgan fingerprint density at radius 1 is 0.463 bits per heavy atom. The van der Waals surface area contributed by atoms with Crippen LogP contribution in [0.4, 0.5) is 27.5 Å². The molecule has 0 bridgehead atoms. The quantitative estimate of drug-likeness (QED) is 0.0833. The van der Waals surface area contributed by atoms with Gasteiger partial charge in [0.05, 0.1) is 31.0 Å². The van der Waals surface area contributed by atoms with E-state index in [1.807, 2.05) is 0 Å². The molecule has 0 spiro atoms. The minimum Gasteiger partial charge on any atom is -0.508 e. The molecule has 0 saturated heterocycles. The number of phenolic OH excluding ortho intramolecular Hbond substituents is 2. The number of sulfonamides is 2. The molecule has 6 rings (SSSR count). The van der Waals surface area contributed by atoms with Gasteiger partial charge >= 0.3 is 6.03 Å². The van der Waals surface area contributed by atoms with Crippen LogP contribution in [-0.4, -0.2) is 59.0 Å². The van der Waals surface area contributed by atoms with Gasteiger partial charge in [0, 0.05) is 22.1 Å². The Hall–Kier alpha value is -5.97. The van der Waals surface area contributed by atoms with Crippen molar-refractivity contribution in [1.82, 2.24) is 0 Å². The monoisotopic (exact) mass is 814 g/mol. The summed E-state index contributed by atoms with van der Waals surface area (Å²) in [6, 6.07) is 20.3. The number of urea groups is 1. The summed E-state index contributed by atoms with van der Waals surface area (Å²) < 4.78 is 125. The molecule has 0 aromatic heterocycles. The first-order valence-corrected chi connectivity index (χ1v) is 20.8. The number of carbonyl (C=O) groups is 1. The molecule has 21 heteroatoms. The number of carbonyl (C=O) groups excluding carboxylic acids is 1. The van der Waals surface area contributed by atoms with Crippen LogP contribution in [0.3, 0.4) is 0 Å². The van der Waals surface area contributed by atoms with Crippen LogP contribution in [0.15, 0.2) is 129 Å². The lowest BCUT2D eigenvalue weighted by molar-refractivity contribution is 0.262. The van der Waals surface area contributed by atoms with Crippen LogP contribution < -0.4 is 20.1 Å². The third-order valence-electron chi connectivity index (χ3n) is 7.71. The lowest BCUT2D eigenvalue weighted by Gasteiger charge is -2.14. The fourth-order valence-electron chi connectivity index (χ4n) is 5.29. The smallest absolute Gasteiger partial charge is 0.323 e. The standard InChI is InChI=1S/C33H26N4O13S4/c38-23-9-7-19-11-27(53(45,46)47)17-31(29(19)15-23)36-51(41,42)25-5-1-3-21(13-25)34-33(40)35-22-4-2-6-26(14-22)52(43,44)37-32-18-28(54(48,49)50)12-20-8-10-24(39)16-30(20)32/h1-18,36-39H,(H2,34,35,40)(H,45,46,47)(H,48,49,50). The highest BCUT2D eigenvalue weighted by Crippen LogP contribution is 2.34. The van der Waals surface area contributed by atoms with Crippen LogP contribution >= 0.6 is 0 Å². The zero-order chi connectivity index (χ0) is 39.2. The topological polar surface area (TPSA) is 283 Å². The van der Waals surface area contributed by atoms with Gasteiger partial charge in [0.25, 0.3) is 40.3 Å². The van der Waals surface area contributed by atoms with Gasteiger partial charge in [-0.05, 0) is 95.7 Å². The second kappa shape index (κ2) is 13.8. The predicted molar refractivity (Wildman–Crippen MR) is 198 cm³/mol. The molecule has 2 amide bonds. The second-order valence-corrected chi connectivity index (χ2v) is 17.8. The lowest BCUT2D eigenvalue weighted by Crippen LogP contribution is -2.20. The molecule has 0 aliphatic rings. The number of hydrogen-bond donors (Lipinski definition) is 8. The highest BCUT2D eigenvalue weighted by Gasteiger charge is 2.22.